The molecule has 0 saturated carbocycles. The summed E-state index contributed by atoms with van der Waals surface area (Å²) in [6, 6.07) is 17.9. The number of rotatable bonds is 5. The van der Waals surface area contributed by atoms with Crippen molar-refractivity contribution in [2.75, 3.05) is 25.2 Å². The summed E-state index contributed by atoms with van der Waals surface area (Å²) in [7, 11) is 3.75. The van der Waals surface area contributed by atoms with Crippen LogP contribution in [0.4, 0.5) is 5.69 Å². The molecule has 0 aliphatic rings. The van der Waals surface area contributed by atoms with Gasteiger partial charge < -0.3 is 10.2 Å². The first kappa shape index (κ1) is 17.8. The summed E-state index contributed by atoms with van der Waals surface area (Å²) in [6.07, 6.45) is 0. The Morgan fingerprint density at radius 1 is 1.09 bits per heavy atom. The van der Waals surface area contributed by atoms with Gasteiger partial charge in [-0.25, -0.2) is 0 Å². The van der Waals surface area contributed by atoms with Crippen molar-refractivity contribution in [3.8, 4) is 0 Å². The van der Waals surface area contributed by atoms with E-state index in [0.29, 0.717) is 10.1 Å². The molecule has 2 aromatic carbocycles. The van der Waals surface area contributed by atoms with Crippen LogP contribution in [0.5, 0.6) is 0 Å². The minimum absolute atomic E-state index is 0.0553. The molecule has 1 amide bonds. The van der Waals surface area contributed by atoms with Crippen LogP contribution in [0, 0.1) is 0 Å². The number of carbonyl (C=O) groups excluding carboxylic acids is 1. The molecule has 0 saturated heterocycles. The molecule has 0 aliphatic heterocycles. The lowest BCUT2D eigenvalue weighted by Gasteiger charge is -2.13. The Bertz CT molecular complexity index is 675. The Kier molecular flexibility index (Phi) is 6.95. The Balaban J connectivity index is 2.00. The smallest absolute Gasteiger partial charge is 0.234 e. The van der Waals surface area contributed by atoms with E-state index in [4.69, 9.17) is 12.2 Å². The highest BCUT2D eigenvalue weighted by Gasteiger charge is 2.10. The van der Waals surface area contributed by atoms with Gasteiger partial charge in [-0.15, -0.1) is 0 Å². The molecule has 0 radical (unpaired) electrons. The number of benzene rings is 2. The topological polar surface area (TPSA) is 32.3 Å². The zero-order valence-corrected chi connectivity index (χ0v) is 15.4. The van der Waals surface area contributed by atoms with Crippen molar-refractivity contribution >= 4 is 51.7 Å². The standard InChI is InChI=1S/C17H18N2OS3/c1-19(2)17(21)22-12-16(20)18-14-10-6-7-11-15(14)23-13-8-4-3-5-9-13/h3-11H,12H2,1-2H3,(H,18,20). The Labute approximate surface area is 150 Å². The molecular formula is C17H18N2OS3. The van der Waals surface area contributed by atoms with Crippen LogP contribution in [0.3, 0.4) is 0 Å². The zero-order valence-electron chi connectivity index (χ0n) is 13.0. The third-order valence-corrected chi connectivity index (χ3v) is 5.65. The fraction of sp³-hybridized carbons (Fsp3) is 0.176. The second-order valence-corrected chi connectivity index (χ2v) is 7.63. The van der Waals surface area contributed by atoms with Crippen LogP contribution in [0.15, 0.2) is 64.4 Å². The number of nitrogens with zero attached hydrogens (tertiary/aromatic N) is 1. The molecule has 23 heavy (non-hydrogen) atoms. The number of thioether (sulfide) groups is 1. The number of thiocarbonyl (C=S) groups is 1. The zero-order chi connectivity index (χ0) is 16.7. The summed E-state index contributed by atoms with van der Waals surface area (Å²) in [5.74, 6) is 0.252. The Morgan fingerprint density at radius 2 is 1.74 bits per heavy atom. The predicted molar refractivity (Wildman–Crippen MR) is 104 cm³/mol. The van der Waals surface area contributed by atoms with Gasteiger partial charge in [0.2, 0.25) is 5.91 Å². The molecule has 2 aromatic rings. The average Bonchev–Trinajstić information content (AvgIpc) is 2.55. The number of amides is 1. The second-order valence-electron chi connectivity index (χ2n) is 4.91. The fourth-order valence-corrected chi connectivity index (χ4v) is 3.40. The lowest BCUT2D eigenvalue weighted by atomic mass is 10.3. The van der Waals surface area contributed by atoms with Gasteiger partial charge in [-0.2, -0.15) is 0 Å². The SMILES string of the molecule is CN(C)C(=S)SCC(=O)Nc1ccccc1Sc1ccccc1. The monoisotopic (exact) mass is 362 g/mol. The average molecular weight is 363 g/mol. The van der Waals surface area contributed by atoms with E-state index in [1.54, 1.807) is 11.8 Å². The highest BCUT2D eigenvalue weighted by atomic mass is 32.2. The molecule has 1 N–H and O–H groups in total. The lowest BCUT2D eigenvalue weighted by Crippen LogP contribution is -2.21. The molecule has 0 fully saturated rings. The van der Waals surface area contributed by atoms with Crippen molar-refractivity contribution in [3.63, 3.8) is 0 Å². The van der Waals surface area contributed by atoms with Crippen molar-refractivity contribution in [2.24, 2.45) is 0 Å². The molecule has 2 rings (SSSR count). The number of nitrogens with one attached hydrogen (secondary N) is 1. The first-order valence-corrected chi connectivity index (χ1v) is 9.23. The Hall–Kier alpha value is -1.50. The van der Waals surface area contributed by atoms with Crippen LogP contribution >= 0.6 is 35.7 Å². The molecule has 120 valence electrons. The van der Waals surface area contributed by atoms with E-state index in [-0.39, 0.29) is 5.91 Å². The quantitative estimate of drug-likeness (QED) is 0.799. The molecule has 0 aliphatic carbocycles. The molecule has 0 aromatic heterocycles. The van der Waals surface area contributed by atoms with E-state index in [2.05, 4.69) is 17.4 Å². The number of hydrogen-bond acceptors (Lipinski definition) is 4. The summed E-state index contributed by atoms with van der Waals surface area (Å²) in [6.45, 7) is 0. The minimum atomic E-state index is -0.0553. The van der Waals surface area contributed by atoms with Gasteiger partial charge in [0, 0.05) is 23.9 Å². The van der Waals surface area contributed by atoms with E-state index in [1.807, 2.05) is 61.5 Å². The summed E-state index contributed by atoms with van der Waals surface area (Å²) >= 11 is 8.17. The molecule has 6 heteroatoms. The van der Waals surface area contributed by atoms with Crippen LogP contribution in [0.1, 0.15) is 0 Å². The second kappa shape index (κ2) is 8.96. The van der Waals surface area contributed by atoms with Gasteiger partial charge in [0.1, 0.15) is 4.32 Å². The van der Waals surface area contributed by atoms with Crippen molar-refractivity contribution in [1.29, 1.82) is 0 Å². The van der Waals surface area contributed by atoms with Crippen LogP contribution in [-0.2, 0) is 4.79 Å². The number of anilines is 1. The first-order chi connectivity index (χ1) is 11.1. The number of hydrogen-bond donors (Lipinski definition) is 1. The van der Waals surface area contributed by atoms with E-state index in [0.717, 1.165) is 15.5 Å². The van der Waals surface area contributed by atoms with Crippen LogP contribution in [0.25, 0.3) is 0 Å². The lowest BCUT2D eigenvalue weighted by molar-refractivity contribution is -0.113. The van der Waals surface area contributed by atoms with Gasteiger partial charge in [-0.05, 0) is 24.3 Å². The molecule has 0 spiro atoms. The number of para-hydroxylation sites is 1. The molecule has 0 unspecified atom stereocenters. The first-order valence-electron chi connectivity index (χ1n) is 7.02. The summed E-state index contributed by atoms with van der Waals surface area (Å²) in [5, 5.41) is 2.97. The van der Waals surface area contributed by atoms with Gasteiger partial charge in [-0.1, -0.05) is 66.1 Å². The van der Waals surface area contributed by atoms with Crippen LogP contribution in [0.2, 0.25) is 0 Å². The van der Waals surface area contributed by atoms with Gasteiger partial charge in [0.05, 0.1) is 11.4 Å². The molecular weight excluding hydrogens is 344 g/mol. The van der Waals surface area contributed by atoms with Crippen molar-refractivity contribution in [3.05, 3.63) is 54.6 Å². The summed E-state index contributed by atoms with van der Waals surface area (Å²) < 4.78 is 0.701. The Morgan fingerprint density at radius 3 is 2.43 bits per heavy atom. The maximum atomic E-state index is 12.1. The molecule has 0 bridgehead atoms. The van der Waals surface area contributed by atoms with Crippen LogP contribution in [-0.4, -0.2) is 35.0 Å². The van der Waals surface area contributed by atoms with E-state index in [9.17, 15) is 4.79 Å². The van der Waals surface area contributed by atoms with Crippen molar-refractivity contribution < 1.29 is 4.79 Å². The van der Waals surface area contributed by atoms with E-state index >= 15 is 0 Å². The van der Waals surface area contributed by atoms with Gasteiger partial charge in [-0.3, -0.25) is 4.79 Å². The number of carbonyl (C=O) groups is 1. The summed E-state index contributed by atoms with van der Waals surface area (Å²) in [5.41, 5.74) is 0.822. The minimum Gasteiger partial charge on any atom is -0.364 e. The van der Waals surface area contributed by atoms with Gasteiger partial charge in [0.15, 0.2) is 0 Å². The van der Waals surface area contributed by atoms with E-state index in [1.165, 1.54) is 11.8 Å². The van der Waals surface area contributed by atoms with Crippen LogP contribution < -0.4 is 5.32 Å². The predicted octanol–water partition coefficient (Wildman–Crippen LogP) is 4.36. The molecule has 3 nitrogen and oxygen atoms in total. The highest BCUT2D eigenvalue weighted by molar-refractivity contribution is 8.23. The van der Waals surface area contributed by atoms with E-state index < -0.39 is 0 Å². The highest BCUT2D eigenvalue weighted by Crippen LogP contribution is 2.33. The maximum absolute atomic E-state index is 12.1. The van der Waals surface area contributed by atoms with Crippen molar-refractivity contribution in [2.45, 2.75) is 9.79 Å². The summed E-state index contributed by atoms with van der Waals surface area (Å²) in [4.78, 5) is 16.1. The van der Waals surface area contributed by atoms with Gasteiger partial charge in [0.25, 0.3) is 0 Å². The third kappa shape index (κ3) is 5.89. The maximum Gasteiger partial charge on any atom is 0.234 e. The third-order valence-electron chi connectivity index (χ3n) is 2.82. The van der Waals surface area contributed by atoms with Gasteiger partial charge >= 0.3 is 0 Å². The largest absolute Gasteiger partial charge is 0.364 e. The molecule has 0 atom stereocenters. The normalized spacial score (nSPS) is 10.2. The van der Waals surface area contributed by atoms with Crippen molar-refractivity contribution in [1.82, 2.24) is 4.90 Å². The fourth-order valence-electron chi connectivity index (χ4n) is 1.72. The molecule has 0 heterocycles.